The number of aromatic amines is 1. The molecule has 1 aromatic heterocycles. The second-order valence-electron chi connectivity index (χ2n) is 5.36. The van der Waals surface area contributed by atoms with Crippen LogP contribution in [0, 0.1) is 6.92 Å². The minimum Gasteiger partial charge on any atom is -0.395 e. The molecule has 0 aliphatic carbocycles. The lowest BCUT2D eigenvalue weighted by atomic mass is 10.0. The molecule has 2 rings (SSSR count). The van der Waals surface area contributed by atoms with E-state index in [9.17, 15) is 4.79 Å². The number of piperidine rings is 1. The molecule has 0 saturated carbocycles. The van der Waals surface area contributed by atoms with Crippen LogP contribution in [0.2, 0.25) is 0 Å². The molecule has 1 aliphatic rings. The molecule has 1 aromatic rings. The summed E-state index contributed by atoms with van der Waals surface area (Å²) in [7, 11) is 0. The van der Waals surface area contributed by atoms with E-state index in [0.717, 1.165) is 44.7 Å². The molecule has 0 atom stereocenters. The first-order chi connectivity index (χ1) is 9.58. The number of H-pyrrole nitrogens is 1. The number of amides is 1. The van der Waals surface area contributed by atoms with E-state index in [1.165, 1.54) is 0 Å². The van der Waals surface area contributed by atoms with Crippen LogP contribution in [-0.2, 0) is 0 Å². The third kappa shape index (κ3) is 2.80. The Bertz CT molecular complexity index is 458. The molecular weight excluding hydrogens is 254 g/mol. The molecule has 1 aliphatic heterocycles. The lowest BCUT2D eigenvalue weighted by Gasteiger charge is -2.37. The molecule has 112 valence electrons. The molecule has 2 heterocycles. The topological polar surface area (TPSA) is 78.2 Å². The Morgan fingerprint density at radius 3 is 2.45 bits per heavy atom. The predicted octanol–water partition coefficient (Wildman–Crippen LogP) is 1.25. The standard InChI is InChI=1S/C14H25N5O/c1-4-18(5-2)11-6-8-19(9-7-11)14(20)13-12(15)10(3)16-17-13/h11H,4-9,15H2,1-3H3,(H,16,17). The van der Waals surface area contributed by atoms with Crippen LogP contribution in [0.1, 0.15) is 42.9 Å². The number of nitrogen functional groups attached to an aromatic ring is 1. The maximum Gasteiger partial charge on any atom is 0.276 e. The van der Waals surface area contributed by atoms with Crippen molar-refractivity contribution in [2.75, 3.05) is 31.9 Å². The van der Waals surface area contributed by atoms with Crippen LogP contribution in [0.25, 0.3) is 0 Å². The smallest absolute Gasteiger partial charge is 0.276 e. The molecule has 6 heteroatoms. The van der Waals surface area contributed by atoms with Crippen molar-refractivity contribution >= 4 is 11.6 Å². The number of hydrogen-bond donors (Lipinski definition) is 2. The van der Waals surface area contributed by atoms with Crippen LogP contribution in [0.5, 0.6) is 0 Å². The number of nitrogens with two attached hydrogens (primary N) is 1. The summed E-state index contributed by atoms with van der Waals surface area (Å²) >= 11 is 0. The zero-order valence-electron chi connectivity index (χ0n) is 12.6. The quantitative estimate of drug-likeness (QED) is 0.869. The Morgan fingerprint density at radius 2 is 2.00 bits per heavy atom. The van der Waals surface area contributed by atoms with Gasteiger partial charge in [-0.3, -0.25) is 9.89 Å². The summed E-state index contributed by atoms with van der Waals surface area (Å²) in [5.41, 5.74) is 7.47. The van der Waals surface area contributed by atoms with E-state index in [1.54, 1.807) is 0 Å². The predicted molar refractivity (Wildman–Crippen MR) is 79.6 cm³/mol. The van der Waals surface area contributed by atoms with Gasteiger partial charge in [0.05, 0.1) is 11.4 Å². The van der Waals surface area contributed by atoms with Gasteiger partial charge >= 0.3 is 0 Å². The highest BCUT2D eigenvalue weighted by Crippen LogP contribution is 2.20. The van der Waals surface area contributed by atoms with Gasteiger partial charge in [-0.15, -0.1) is 0 Å². The lowest BCUT2D eigenvalue weighted by Crippen LogP contribution is -2.46. The summed E-state index contributed by atoms with van der Waals surface area (Å²) in [5, 5.41) is 6.80. The maximum atomic E-state index is 12.4. The van der Waals surface area contributed by atoms with Gasteiger partial charge in [-0.25, -0.2) is 0 Å². The first kappa shape index (κ1) is 14.8. The summed E-state index contributed by atoms with van der Waals surface area (Å²) in [6.07, 6.45) is 2.05. The number of nitrogens with zero attached hydrogens (tertiary/aromatic N) is 3. The van der Waals surface area contributed by atoms with Gasteiger partial charge in [0, 0.05) is 19.1 Å². The molecule has 3 N–H and O–H groups in total. The van der Waals surface area contributed by atoms with Crippen LogP contribution in [0.4, 0.5) is 5.69 Å². The minimum atomic E-state index is -0.0511. The molecule has 20 heavy (non-hydrogen) atoms. The fraction of sp³-hybridized carbons (Fsp3) is 0.714. The molecule has 0 aromatic carbocycles. The molecule has 1 amide bonds. The highest BCUT2D eigenvalue weighted by atomic mass is 16.2. The second-order valence-corrected chi connectivity index (χ2v) is 5.36. The summed E-state index contributed by atoms with van der Waals surface area (Å²) < 4.78 is 0. The van der Waals surface area contributed by atoms with Gasteiger partial charge in [-0.1, -0.05) is 13.8 Å². The fourth-order valence-corrected chi connectivity index (χ4v) is 2.92. The summed E-state index contributed by atoms with van der Waals surface area (Å²) in [5.74, 6) is -0.0511. The zero-order valence-corrected chi connectivity index (χ0v) is 12.6. The van der Waals surface area contributed by atoms with E-state index in [1.807, 2.05) is 11.8 Å². The number of aryl methyl sites for hydroxylation is 1. The Balaban J connectivity index is 1.97. The summed E-state index contributed by atoms with van der Waals surface area (Å²) in [6.45, 7) is 9.91. The van der Waals surface area contributed by atoms with Crippen molar-refractivity contribution in [1.29, 1.82) is 0 Å². The van der Waals surface area contributed by atoms with E-state index in [0.29, 0.717) is 17.4 Å². The van der Waals surface area contributed by atoms with E-state index in [-0.39, 0.29) is 5.91 Å². The number of hydrogen-bond acceptors (Lipinski definition) is 4. The van der Waals surface area contributed by atoms with Crippen molar-refractivity contribution in [1.82, 2.24) is 20.0 Å². The minimum absolute atomic E-state index is 0.0511. The number of carbonyl (C=O) groups excluding carboxylic acids is 1. The van der Waals surface area contributed by atoms with E-state index in [2.05, 4.69) is 28.9 Å². The molecule has 1 fully saturated rings. The van der Waals surface area contributed by atoms with E-state index < -0.39 is 0 Å². The first-order valence-corrected chi connectivity index (χ1v) is 7.42. The largest absolute Gasteiger partial charge is 0.395 e. The molecule has 0 spiro atoms. The third-order valence-corrected chi connectivity index (χ3v) is 4.28. The normalized spacial score (nSPS) is 16.9. The van der Waals surface area contributed by atoms with E-state index >= 15 is 0 Å². The lowest BCUT2D eigenvalue weighted by molar-refractivity contribution is 0.0627. The Hall–Kier alpha value is -1.56. The highest BCUT2D eigenvalue weighted by molar-refractivity contribution is 5.97. The van der Waals surface area contributed by atoms with Gasteiger partial charge in [0.25, 0.3) is 5.91 Å². The summed E-state index contributed by atoms with van der Waals surface area (Å²) in [6, 6.07) is 0.590. The average Bonchev–Trinajstić information content (AvgIpc) is 2.80. The second kappa shape index (κ2) is 6.26. The number of aromatic nitrogens is 2. The van der Waals surface area contributed by atoms with Crippen molar-refractivity contribution in [3.63, 3.8) is 0 Å². The van der Waals surface area contributed by atoms with Gasteiger partial charge in [0.1, 0.15) is 0 Å². The van der Waals surface area contributed by atoms with Gasteiger partial charge in [-0.05, 0) is 32.9 Å². The molecular formula is C14H25N5O. The van der Waals surface area contributed by atoms with Crippen LogP contribution in [0.15, 0.2) is 0 Å². The third-order valence-electron chi connectivity index (χ3n) is 4.28. The molecule has 0 unspecified atom stereocenters. The molecule has 0 radical (unpaired) electrons. The SMILES string of the molecule is CCN(CC)C1CCN(C(=O)c2n[nH]c(C)c2N)CC1. The number of carbonyl (C=O) groups is 1. The molecule has 6 nitrogen and oxygen atoms in total. The van der Waals surface area contributed by atoms with Crippen LogP contribution in [-0.4, -0.2) is 58.1 Å². The monoisotopic (exact) mass is 279 g/mol. The highest BCUT2D eigenvalue weighted by Gasteiger charge is 2.28. The fourth-order valence-electron chi connectivity index (χ4n) is 2.92. The van der Waals surface area contributed by atoms with Gasteiger partial charge in [0.15, 0.2) is 5.69 Å². The maximum absolute atomic E-state index is 12.4. The van der Waals surface area contributed by atoms with Crippen LogP contribution < -0.4 is 5.73 Å². The molecule has 1 saturated heterocycles. The number of rotatable bonds is 4. The van der Waals surface area contributed by atoms with Crippen molar-refractivity contribution < 1.29 is 4.79 Å². The van der Waals surface area contributed by atoms with Crippen LogP contribution >= 0.6 is 0 Å². The van der Waals surface area contributed by atoms with Gasteiger partial charge in [-0.2, -0.15) is 5.10 Å². The van der Waals surface area contributed by atoms with Gasteiger partial charge < -0.3 is 15.5 Å². The average molecular weight is 279 g/mol. The van der Waals surface area contributed by atoms with E-state index in [4.69, 9.17) is 5.73 Å². The Labute approximate surface area is 120 Å². The van der Waals surface area contributed by atoms with Gasteiger partial charge in [0.2, 0.25) is 0 Å². The van der Waals surface area contributed by atoms with Crippen molar-refractivity contribution in [2.24, 2.45) is 0 Å². The Kier molecular flexibility index (Phi) is 4.65. The molecule has 0 bridgehead atoms. The first-order valence-electron chi connectivity index (χ1n) is 7.42. The summed E-state index contributed by atoms with van der Waals surface area (Å²) in [4.78, 5) is 16.7. The number of anilines is 1. The van der Waals surface area contributed by atoms with Crippen molar-refractivity contribution in [2.45, 2.75) is 39.7 Å². The van der Waals surface area contributed by atoms with Crippen LogP contribution in [0.3, 0.4) is 0 Å². The zero-order chi connectivity index (χ0) is 14.7. The van der Waals surface area contributed by atoms with Crippen molar-refractivity contribution in [3.8, 4) is 0 Å². The van der Waals surface area contributed by atoms with Crippen molar-refractivity contribution in [3.05, 3.63) is 11.4 Å². The number of likely N-dealkylation sites (tertiary alicyclic amines) is 1. The number of nitrogens with one attached hydrogen (secondary N) is 1. The Morgan fingerprint density at radius 1 is 1.40 bits per heavy atom.